The van der Waals surface area contributed by atoms with Crippen LogP contribution in [0.4, 0.5) is 16.3 Å². The first kappa shape index (κ1) is 24.6. The number of methoxy groups -OCH3 is 2. The number of carbonyl (C=O) groups is 1. The number of aryl methyl sites for hydroxylation is 2. The summed E-state index contributed by atoms with van der Waals surface area (Å²) >= 11 is 1.86. The van der Waals surface area contributed by atoms with E-state index in [4.69, 9.17) is 19.4 Å². The normalized spacial score (nSPS) is 17.7. The van der Waals surface area contributed by atoms with Gasteiger partial charge in [0, 0.05) is 43.5 Å². The van der Waals surface area contributed by atoms with E-state index in [-0.39, 0.29) is 6.03 Å². The monoisotopic (exact) mass is 509 g/mol. The second kappa shape index (κ2) is 10.5. The molecule has 5 rings (SSSR count). The Bertz CT molecular complexity index is 1250. The highest BCUT2D eigenvalue weighted by molar-refractivity contribution is 7.19. The van der Waals surface area contributed by atoms with Gasteiger partial charge in [-0.05, 0) is 49.3 Å². The number of nitrogens with zero attached hydrogens (tertiary/aromatic N) is 4. The Labute approximate surface area is 216 Å². The summed E-state index contributed by atoms with van der Waals surface area (Å²) in [5.41, 5.74) is 2.09. The summed E-state index contributed by atoms with van der Waals surface area (Å²) in [6.45, 7) is 7.25. The number of amides is 2. The number of ether oxygens (including phenoxy) is 2. The van der Waals surface area contributed by atoms with Crippen LogP contribution in [0.15, 0.2) is 18.2 Å². The predicted molar refractivity (Wildman–Crippen MR) is 145 cm³/mol. The SMILES string of the molecule is CCCc1nc(N2CCN(C(=O)Nc3ccc(OC)cc3OC)CC2)c2c3c(sc2n1)C[C@@H](C)CC3. The molecule has 1 saturated heterocycles. The number of hydrogen-bond acceptors (Lipinski definition) is 7. The van der Waals surface area contributed by atoms with E-state index in [2.05, 4.69) is 24.1 Å². The molecule has 1 aliphatic heterocycles. The van der Waals surface area contributed by atoms with Gasteiger partial charge >= 0.3 is 6.03 Å². The van der Waals surface area contributed by atoms with Gasteiger partial charge in [0.2, 0.25) is 0 Å². The number of nitrogens with one attached hydrogen (secondary N) is 1. The fourth-order valence-electron chi connectivity index (χ4n) is 5.15. The minimum Gasteiger partial charge on any atom is -0.497 e. The number of fused-ring (bicyclic) bond motifs is 3. The van der Waals surface area contributed by atoms with E-state index >= 15 is 0 Å². The lowest BCUT2D eigenvalue weighted by atomic mass is 9.89. The van der Waals surface area contributed by atoms with Crippen LogP contribution in [0.3, 0.4) is 0 Å². The molecule has 0 radical (unpaired) electrons. The van der Waals surface area contributed by atoms with E-state index in [1.807, 2.05) is 22.3 Å². The minimum absolute atomic E-state index is 0.125. The van der Waals surface area contributed by atoms with Crippen LogP contribution in [-0.4, -0.2) is 61.3 Å². The Morgan fingerprint density at radius 3 is 2.69 bits per heavy atom. The van der Waals surface area contributed by atoms with Crippen molar-refractivity contribution >= 4 is 39.1 Å². The maximum Gasteiger partial charge on any atom is 0.322 e. The summed E-state index contributed by atoms with van der Waals surface area (Å²) in [4.78, 5) is 29.9. The lowest BCUT2D eigenvalue weighted by molar-refractivity contribution is 0.208. The van der Waals surface area contributed by atoms with Crippen molar-refractivity contribution in [1.29, 1.82) is 0 Å². The average molecular weight is 510 g/mol. The van der Waals surface area contributed by atoms with Crippen LogP contribution in [0.25, 0.3) is 10.2 Å². The molecular formula is C27H35N5O3S. The molecule has 192 valence electrons. The Morgan fingerprint density at radius 2 is 1.97 bits per heavy atom. The summed E-state index contributed by atoms with van der Waals surface area (Å²) in [5.74, 6) is 3.97. The molecule has 3 heterocycles. The number of hydrogen-bond donors (Lipinski definition) is 1. The highest BCUT2D eigenvalue weighted by Crippen LogP contribution is 2.41. The van der Waals surface area contributed by atoms with Crippen LogP contribution in [0.5, 0.6) is 11.5 Å². The molecule has 1 N–H and O–H groups in total. The van der Waals surface area contributed by atoms with Gasteiger partial charge in [0.05, 0.1) is 25.3 Å². The van der Waals surface area contributed by atoms with Gasteiger partial charge in [-0.25, -0.2) is 14.8 Å². The Hall–Kier alpha value is -3.07. The van der Waals surface area contributed by atoms with Crippen molar-refractivity contribution in [3.63, 3.8) is 0 Å². The summed E-state index contributed by atoms with van der Waals surface area (Å²) in [5, 5.41) is 4.25. The van der Waals surface area contributed by atoms with Gasteiger partial charge in [-0.2, -0.15) is 0 Å². The quantitative estimate of drug-likeness (QED) is 0.496. The second-order valence-corrected chi connectivity index (χ2v) is 10.8. The molecule has 2 amide bonds. The molecular weight excluding hydrogens is 474 g/mol. The molecule has 2 aliphatic rings. The average Bonchev–Trinajstić information content (AvgIpc) is 3.26. The van der Waals surface area contributed by atoms with E-state index in [1.165, 1.54) is 22.2 Å². The maximum absolute atomic E-state index is 13.1. The molecule has 0 unspecified atom stereocenters. The van der Waals surface area contributed by atoms with Gasteiger partial charge in [0.15, 0.2) is 0 Å². The van der Waals surface area contributed by atoms with Crippen LogP contribution in [-0.2, 0) is 19.3 Å². The molecule has 8 nitrogen and oxygen atoms in total. The summed E-state index contributed by atoms with van der Waals surface area (Å²) in [6, 6.07) is 5.26. The Kier molecular flexibility index (Phi) is 7.18. The first-order chi connectivity index (χ1) is 17.5. The minimum atomic E-state index is -0.125. The van der Waals surface area contributed by atoms with Crippen LogP contribution in [0, 0.1) is 5.92 Å². The van der Waals surface area contributed by atoms with E-state index in [0.29, 0.717) is 30.3 Å². The van der Waals surface area contributed by atoms with Crippen molar-refractivity contribution in [2.75, 3.05) is 50.6 Å². The van der Waals surface area contributed by atoms with Gasteiger partial charge < -0.3 is 24.6 Å². The number of aromatic nitrogens is 2. The van der Waals surface area contributed by atoms with Crippen molar-refractivity contribution < 1.29 is 14.3 Å². The second-order valence-electron chi connectivity index (χ2n) is 9.72. The van der Waals surface area contributed by atoms with Crippen LogP contribution < -0.4 is 19.7 Å². The number of carbonyl (C=O) groups excluding carboxylic acids is 1. The summed E-state index contributed by atoms with van der Waals surface area (Å²) < 4.78 is 10.7. The van der Waals surface area contributed by atoms with Crippen molar-refractivity contribution in [2.24, 2.45) is 5.92 Å². The lowest BCUT2D eigenvalue weighted by Gasteiger charge is -2.36. The predicted octanol–water partition coefficient (Wildman–Crippen LogP) is 5.14. The zero-order valence-corrected chi connectivity index (χ0v) is 22.4. The zero-order chi connectivity index (χ0) is 25.2. The molecule has 1 aromatic carbocycles. The largest absolute Gasteiger partial charge is 0.497 e. The summed E-state index contributed by atoms with van der Waals surface area (Å²) in [7, 11) is 3.19. The molecule has 3 aromatic rings. The van der Waals surface area contributed by atoms with E-state index in [9.17, 15) is 4.79 Å². The summed E-state index contributed by atoms with van der Waals surface area (Å²) in [6.07, 6.45) is 5.37. The third-order valence-corrected chi connectivity index (χ3v) is 8.32. The lowest BCUT2D eigenvalue weighted by Crippen LogP contribution is -2.50. The molecule has 36 heavy (non-hydrogen) atoms. The number of urea groups is 1. The fraction of sp³-hybridized carbons (Fsp3) is 0.519. The maximum atomic E-state index is 13.1. The topological polar surface area (TPSA) is 79.8 Å². The molecule has 1 fully saturated rings. The number of piperazine rings is 1. The number of rotatable bonds is 6. The molecule has 9 heteroatoms. The molecule has 1 atom stereocenters. The van der Waals surface area contributed by atoms with Gasteiger partial charge in [-0.3, -0.25) is 0 Å². The molecule has 0 bridgehead atoms. The fourth-order valence-corrected chi connectivity index (χ4v) is 6.54. The van der Waals surface area contributed by atoms with Crippen LogP contribution in [0.1, 0.15) is 43.0 Å². The molecule has 1 aliphatic carbocycles. The van der Waals surface area contributed by atoms with E-state index in [0.717, 1.165) is 61.2 Å². The highest BCUT2D eigenvalue weighted by atomic mass is 32.1. The standard InChI is InChI=1S/C27H35N5O3S/c1-5-6-23-29-25(24-19-9-7-17(2)15-22(19)36-26(24)30-23)31-11-13-32(14-12-31)27(33)28-20-10-8-18(34-3)16-21(20)35-4/h8,10,16-17H,5-7,9,11-15H2,1-4H3,(H,28,33)/t17-/m0/s1. The van der Waals surface area contributed by atoms with E-state index < -0.39 is 0 Å². The smallest absolute Gasteiger partial charge is 0.322 e. The van der Waals surface area contributed by atoms with Gasteiger partial charge in [0.25, 0.3) is 0 Å². The highest BCUT2D eigenvalue weighted by Gasteiger charge is 2.28. The Balaban J connectivity index is 1.34. The molecule has 0 spiro atoms. The third-order valence-electron chi connectivity index (χ3n) is 7.17. The first-order valence-electron chi connectivity index (χ1n) is 12.8. The van der Waals surface area contributed by atoms with Crippen molar-refractivity contribution in [3.8, 4) is 11.5 Å². The number of anilines is 2. The van der Waals surface area contributed by atoms with Crippen molar-refractivity contribution in [2.45, 2.75) is 46.0 Å². The van der Waals surface area contributed by atoms with Gasteiger partial charge in [-0.15, -0.1) is 11.3 Å². The Morgan fingerprint density at radius 1 is 1.17 bits per heavy atom. The zero-order valence-electron chi connectivity index (χ0n) is 21.6. The van der Waals surface area contributed by atoms with Crippen LogP contribution in [0.2, 0.25) is 0 Å². The van der Waals surface area contributed by atoms with Crippen molar-refractivity contribution in [1.82, 2.24) is 14.9 Å². The molecule has 2 aromatic heterocycles. The third kappa shape index (κ3) is 4.81. The van der Waals surface area contributed by atoms with Crippen molar-refractivity contribution in [3.05, 3.63) is 34.5 Å². The first-order valence-corrected chi connectivity index (χ1v) is 13.7. The van der Waals surface area contributed by atoms with E-state index in [1.54, 1.807) is 26.4 Å². The van der Waals surface area contributed by atoms with Crippen LogP contribution >= 0.6 is 11.3 Å². The number of thiophene rings is 1. The number of benzene rings is 1. The van der Waals surface area contributed by atoms with Gasteiger partial charge in [0.1, 0.15) is 28.0 Å². The molecule has 0 saturated carbocycles. The van der Waals surface area contributed by atoms with Gasteiger partial charge in [-0.1, -0.05) is 13.8 Å².